The standard InChI is InChI=1S/C18H27NO2/c1-4-12-19(5-2)16-10-11-17(20-3)18(14-16)21-13-6-7-15-8-9-15/h5,10-11,14-15H,2,4,6-9,12-13H2,1,3H3. The fourth-order valence-corrected chi connectivity index (χ4v) is 2.48. The van der Waals surface area contributed by atoms with E-state index in [4.69, 9.17) is 9.47 Å². The Morgan fingerprint density at radius 3 is 2.76 bits per heavy atom. The van der Waals surface area contributed by atoms with Gasteiger partial charge in [-0.1, -0.05) is 26.3 Å². The molecule has 0 amide bonds. The smallest absolute Gasteiger partial charge is 0.163 e. The Morgan fingerprint density at radius 2 is 2.14 bits per heavy atom. The van der Waals surface area contributed by atoms with Gasteiger partial charge in [0.1, 0.15) is 0 Å². The summed E-state index contributed by atoms with van der Waals surface area (Å²) in [6.07, 6.45) is 8.17. The summed E-state index contributed by atoms with van der Waals surface area (Å²) in [7, 11) is 1.68. The monoisotopic (exact) mass is 289 g/mol. The fourth-order valence-electron chi connectivity index (χ4n) is 2.48. The lowest BCUT2D eigenvalue weighted by molar-refractivity contribution is 0.284. The molecule has 0 heterocycles. The molecular formula is C18H27NO2. The van der Waals surface area contributed by atoms with E-state index in [2.05, 4.69) is 18.4 Å². The number of nitrogens with zero attached hydrogens (tertiary/aromatic N) is 1. The molecule has 0 spiro atoms. The average Bonchev–Trinajstić information content (AvgIpc) is 3.33. The van der Waals surface area contributed by atoms with Gasteiger partial charge in [-0.15, -0.1) is 0 Å². The normalized spacial score (nSPS) is 13.8. The van der Waals surface area contributed by atoms with Gasteiger partial charge in [0.2, 0.25) is 0 Å². The van der Waals surface area contributed by atoms with Gasteiger partial charge in [-0.05, 0) is 43.5 Å². The predicted molar refractivity (Wildman–Crippen MR) is 88.3 cm³/mol. The van der Waals surface area contributed by atoms with Crippen LogP contribution < -0.4 is 14.4 Å². The summed E-state index contributed by atoms with van der Waals surface area (Å²) < 4.78 is 11.3. The first-order chi connectivity index (χ1) is 10.3. The van der Waals surface area contributed by atoms with Crippen molar-refractivity contribution in [3.8, 4) is 11.5 Å². The lowest BCUT2D eigenvalue weighted by Gasteiger charge is -2.21. The molecule has 1 fully saturated rings. The van der Waals surface area contributed by atoms with E-state index in [0.717, 1.165) is 49.1 Å². The zero-order valence-corrected chi connectivity index (χ0v) is 13.3. The Kier molecular flexibility index (Phi) is 5.97. The summed E-state index contributed by atoms with van der Waals surface area (Å²) in [5, 5.41) is 0. The van der Waals surface area contributed by atoms with E-state index >= 15 is 0 Å². The molecule has 3 nitrogen and oxygen atoms in total. The highest BCUT2D eigenvalue weighted by atomic mass is 16.5. The minimum Gasteiger partial charge on any atom is -0.493 e. The summed E-state index contributed by atoms with van der Waals surface area (Å²) in [5.74, 6) is 2.59. The van der Waals surface area contributed by atoms with Crippen LogP contribution in [0.25, 0.3) is 0 Å². The first kappa shape index (κ1) is 15.7. The number of anilines is 1. The second-order valence-electron chi connectivity index (χ2n) is 5.65. The highest BCUT2D eigenvalue weighted by molar-refractivity contribution is 5.57. The fraction of sp³-hybridized carbons (Fsp3) is 0.556. The predicted octanol–water partition coefficient (Wildman–Crippen LogP) is 4.62. The molecule has 0 aromatic heterocycles. The number of rotatable bonds is 10. The molecule has 2 rings (SSSR count). The van der Waals surface area contributed by atoms with Crippen molar-refractivity contribution in [1.82, 2.24) is 0 Å². The number of ether oxygens (including phenoxy) is 2. The first-order valence-corrected chi connectivity index (χ1v) is 7.98. The van der Waals surface area contributed by atoms with Crippen molar-refractivity contribution < 1.29 is 9.47 Å². The van der Waals surface area contributed by atoms with Crippen molar-refractivity contribution in [3.63, 3.8) is 0 Å². The number of methoxy groups -OCH3 is 1. The van der Waals surface area contributed by atoms with E-state index in [1.165, 1.54) is 19.3 Å². The Bertz CT molecular complexity index is 455. The van der Waals surface area contributed by atoms with Gasteiger partial charge >= 0.3 is 0 Å². The second-order valence-corrected chi connectivity index (χ2v) is 5.65. The lowest BCUT2D eigenvalue weighted by Crippen LogP contribution is -2.16. The van der Waals surface area contributed by atoms with E-state index in [-0.39, 0.29) is 0 Å². The third-order valence-electron chi connectivity index (χ3n) is 3.87. The van der Waals surface area contributed by atoms with Crippen molar-refractivity contribution in [1.29, 1.82) is 0 Å². The van der Waals surface area contributed by atoms with Crippen LogP contribution in [0.3, 0.4) is 0 Å². The highest BCUT2D eigenvalue weighted by Crippen LogP contribution is 2.35. The SMILES string of the molecule is C=CN(CCC)c1ccc(OC)c(OCCCC2CC2)c1. The van der Waals surface area contributed by atoms with Crippen LogP contribution in [0, 0.1) is 5.92 Å². The van der Waals surface area contributed by atoms with Crippen LogP contribution in [0.15, 0.2) is 31.0 Å². The lowest BCUT2D eigenvalue weighted by atomic mass is 10.2. The molecule has 1 aromatic carbocycles. The van der Waals surface area contributed by atoms with Crippen LogP contribution in [0.1, 0.15) is 39.0 Å². The minimum atomic E-state index is 0.762. The van der Waals surface area contributed by atoms with Crippen molar-refractivity contribution in [2.24, 2.45) is 5.92 Å². The third-order valence-corrected chi connectivity index (χ3v) is 3.87. The molecule has 1 saturated carbocycles. The molecule has 0 saturated heterocycles. The third kappa shape index (κ3) is 4.69. The minimum absolute atomic E-state index is 0.762. The Hall–Kier alpha value is -1.64. The quantitative estimate of drug-likeness (QED) is 0.586. The molecule has 0 bridgehead atoms. The average molecular weight is 289 g/mol. The molecule has 0 N–H and O–H groups in total. The van der Waals surface area contributed by atoms with Crippen LogP contribution in [0.4, 0.5) is 5.69 Å². The van der Waals surface area contributed by atoms with Gasteiger partial charge in [-0.3, -0.25) is 0 Å². The molecule has 1 aliphatic carbocycles. The molecule has 3 heteroatoms. The van der Waals surface area contributed by atoms with Crippen LogP contribution in [0.5, 0.6) is 11.5 Å². The molecule has 21 heavy (non-hydrogen) atoms. The summed E-state index contributed by atoms with van der Waals surface area (Å²) in [6.45, 7) is 7.76. The van der Waals surface area contributed by atoms with Crippen LogP contribution in [-0.2, 0) is 0 Å². The molecule has 0 unspecified atom stereocenters. The molecule has 0 atom stereocenters. The largest absolute Gasteiger partial charge is 0.493 e. The maximum Gasteiger partial charge on any atom is 0.163 e. The van der Waals surface area contributed by atoms with Crippen molar-refractivity contribution in [2.45, 2.75) is 39.0 Å². The van der Waals surface area contributed by atoms with Crippen molar-refractivity contribution >= 4 is 5.69 Å². The zero-order chi connectivity index (χ0) is 15.1. The summed E-state index contributed by atoms with van der Waals surface area (Å²) in [5.41, 5.74) is 1.10. The van der Waals surface area contributed by atoms with Crippen molar-refractivity contribution in [3.05, 3.63) is 31.0 Å². The molecule has 116 valence electrons. The number of benzene rings is 1. The summed E-state index contributed by atoms with van der Waals surface area (Å²) in [6, 6.07) is 6.07. The van der Waals surface area contributed by atoms with Crippen LogP contribution in [-0.4, -0.2) is 20.3 Å². The molecule has 1 aromatic rings. The van der Waals surface area contributed by atoms with Gasteiger partial charge in [-0.25, -0.2) is 0 Å². The van der Waals surface area contributed by atoms with Crippen molar-refractivity contribution in [2.75, 3.05) is 25.2 Å². The maximum atomic E-state index is 5.93. The topological polar surface area (TPSA) is 21.7 Å². The Labute approximate surface area is 128 Å². The van der Waals surface area contributed by atoms with E-state index < -0.39 is 0 Å². The van der Waals surface area contributed by atoms with Gasteiger partial charge in [0, 0.05) is 18.3 Å². The molecule has 0 aliphatic heterocycles. The molecule has 0 radical (unpaired) electrons. The van der Waals surface area contributed by atoms with Gasteiger partial charge in [-0.2, -0.15) is 0 Å². The van der Waals surface area contributed by atoms with Gasteiger partial charge in [0.05, 0.1) is 13.7 Å². The van der Waals surface area contributed by atoms with Crippen LogP contribution >= 0.6 is 0 Å². The Morgan fingerprint density at radius 1 is 1.33 bits per heavy atom. The van der Waals surface area contributed by atoms with Gasteiger partial charge in [0.25, 0.3) is 0 Å². The van der Waals surface area contributed by atoms with E-state index in [9.17, 15) is 0 Å². The summed E-state index contributed by atoms with van der Waals surface area (Å²) >= 11 is 0. The second kappa shape index (κ2) is 7.96. The zero-order valence-electron chi connectivity index (χ0n) is 13.3. The Balaban J connectivity index is 1.99. The number of hydrogen-bond donors (Lipinski definition) is 0. The molecule has 1 aliphatic rings. The number of hydrogen-bond acceptors (Lipinski definition) is 3. The van der Waals surface area contributed by atoms with Gasteiger partial charge in [0.15, 0.2) is 11.5 Å². The van der Waals surface area contributed by atoms with Gasteiger partial charge < -0.3 is 14.4 Å². The maximum absolute atomic E-state index is 5.93. The van der Waals surface area contributed by atoms with E-state index in [1.807, 2.05) is 24.4 Å². The summed E-state index contributed by atoms with van der Waals surface area (Å²) in [4.78, 5) is 2.14. The van der Waals surface area contributed by atoms with E-state index in [1.54, 1.807) is 7.11 Å². The van der Waals surface area contributed by atoms with E-state index in [0.29, 0.717) is 0 Å². The highest BCUT2D eigenvalue weighted by Gasteiger charge is 2.20. The first-order valence-electron chi connectivity index (χ1n) is 7.98. The van der Waals surface area contributed by atoms with Crippen LogP contribution in [0.2, 0.25) is 0 Å². The molecular weight excluding hydrogens is 262 g/mol.